The molecule has 1 N–H and O–H groups in total. The van der Waals surface area contributed by atoms with Gasteiger partial charge in [0.1, 0.15) is 5.78 Å². The Kier molecular flexibility index (Phi) is 4.31. The van der Waals surface area contributed by atoms with Crippen LogP contribution in [0.15, 0.2) is 12.1 Å². The molecule has 1 saturated heterocycles. The highest BCUT2D eigenvalue weighted by Gasteiger charge is 2.39. The second-order valence-electron chi connectivity index (χ2n) is 6.70. The number of carbonyl (C=O) groups excluding carboxylic acids is 2. The fourth-order valence-electron chi connectivity index (χ4n) is 3.81. The lowest BCUT2D eigenvalue weighted by molar-refractivity contribution is -0.129. The van der Waals surface area contributed by atoms with Crippen molar-refractivity contribution in [3.8, 4) is 11.5 Å². The highest BCUT2D eigenvalue weighted by atomic mass is 16.5. The molecule has 2 heterocycles. The number of piperidine rings is 1. The first-order valence-electron chi connectivity index (χ1n) is 8.05. The first-order chi connectivity index (χ1) is 11.0. The number of ether oxygens (including phenoxy) is 1. The number of carbonyl (C=O) groups is 2. The Morgan fingerprint density at radius 1 is 1.52 bits per heavy atom. The Balaban J connectivity index is 1.86. The minimum Gasteiger partial charge on any atom is -0.504 e. The first kappa shape index (κ1) is 15.9. The zero-order valence-corrected chi connectivity index (χ0v) is 13.3. The predicted octanol–water partition coefficient (Wildman–Crippen LogP) is 2.28. The summed E-state index contributed by atoms with van der Waals surface area (Å²) in [6.07, 6.45) is 2.12. The summed E-state index contributed by atoms with van der Waals surface area (Å²) >= 11 is 0. The number of benzene rings is 1. The van der Waals surface area contributed by atoms with Crippen LogP contribution < -0.4 is 4.74 Å². The summed E-state index contributed by atoms with van der Waals surface area (Å²) in [5, 5.41) is 10.0. The molecule has 5 nitrogen and oxygen atoms in total. The summed E-state index contributed by atoms with van der Waals surface area (Å²) in [4.78, 5) is 25.3. The third kappa shape index (κ3) is 3.06. The van der Waals surface area contributed by atoms with Crippen molar-refractivity contribution < 1.29 is 19.4 Å². The molecule has 0 saturated carbocycles. The van der Waals surface area contributed by atoms with E-state index in [-0.39, 0.29) is 35.2 Å². The molecular weight excluding hydrogens is 294 g/mol. The van der Waals surface area contributed by atoms with Gasteiger partial charge in [0.15, 0.2) is 11.5 Å². The zero-order valence-electron chi connectivity index (χ0n) is 13.3. The fourth-order valence-corrected chi connectivity index (χ4v) is 3.81. The van der Waals surface area contributed by atoms with Gasteiger partial charge < -0.3 is 9.84 Å². The molecule has 3 rings (SSSR count). The van der Waals surface area contributed by atoms with E-state index < -0.39 is 0 Å². The maximum Gasteiger partial charge on any atom is 0.298 e. The molecule has 0 amide bonds. The van der Waals surface area contributed by atoms with Crippen LogP contribution in [-0.2, 0) is 16.0 Å². The summed E-state index contributed by atoms with van der Waals surface area (Å²) in [6.45, 7) is 7.98. The number of hydrogen-bond acceptors (Lipinski definition) is 5. The van der Waals surface area contributed by atoms with Gasteiger partial charge in [-0.1, -0.05) is 0 Å². The van der Waals surface area contributed by atoms with E-state index in [2.05, 4.69) is 11.8 Å². The Labute approximate surface area is 136 Å². The van der Waals surface area contributed by atoms with Crippen LogP contribution in [0.2, 0.25) is 0 Å². The van der Waals surface area contributed by atoms with Crippen molar-refractivity contribution >= 4 is 12.3 Å². The van der Waals surface area contributed by atoms with Crippen molar-refractivity contribution in [3.63, 3.8) is 0 Å². The topological polar surface area (TPSA) is 66.8 Å². The molecule has 122 valence electrons. The van der Waals surface area contributed by atoms with Crippen LogP contribution >= 0.6 is 0 Å². The number of phenolic OH excluding ortho intramolecular Hbond substituents is 1. The second kappa shape index (κ2) is 6.24. The van der Waals surface area contributed by atoms with Crippen molar-refractivity contribution in [2.75, 3.05) is 13.1 Å². The molecular formula is C18H22NO4+. The van der Waals surface area contributed by atoms with Gasteiger partial charge in [-0.05, 0) is 36.6 Å². The average molecular weight is 316 g/mol. The third-order valence-electron chi connectivity index (χ3n) is 4.86. The molecule has 1 aromatic carbocycles. The van der Waals surface area contributed by atoms with Gasteiger partial charge in [0.05, 0.1) is 12.8 Å². The fraction of sp³-hybridized carbons (Fsp3) is 0.500. The van der Waals surface area contributed by atoms with Gasteiger partial charge >= 0.3 is 0 Å². The van der Waals surface area contributed by atoms with Crippen LogP contribution in [0.1, 0.15) is 36.9 Å². The molecule has 0 radical (unpaired) electrons. The molecule has 2 aliphatic rings. The average Bonchev–Trinajstić information content (AvgIpc) is 2.49. The van der Waals surface area contributed by atoms with Gasteiger partial charge in [0.2, 0.25) is 0 Å². The lowest BCUT2D eigenvalue weighted by Crippen LogP contribution is -2.46. The molecule has 1 fully saturated rings. The Morgan fingerprint density at radius 2 is 2.30 bits per heavy atom. The highest BCUT2D eigenvalue weighted by molar-refractivity contribution is 5.83. The van der Waals surface area contributed by atoms with Gasteiger partial charge in [-0.3, -0.25) is 14.5 Å². The quantitative estimate of drug-likeness (QED) is 0.682. The number of fused-ring (bicyclic) bond motifs is 3. The van der Waals surface area contributed by atoms with Gasteiger partial charge in [0, 0.05) is 37.9 Å². The maximum absolute atomic E-state index is 12.5. The number of nitrogens with zero attached hydrogens (tertiary/aromatic N) is 1. The van der Waals surface area contributed by atoms with E-state index in [0.717, 1.165) is 37.1 Å². The van der Waals surface area contributed by atoms with Crippen LogP contribution in [0.5, 0.6) is 11.5 Å². The van der Waals surface area contributed by atoms with E-state index >= 15 is 0 Å². The molecule has 3 atom stereocenters. The predicted molar refractivity (Wildman–Crippen MR) is 85.1 cm³/mol. The normalized spacial score (nSPS) is 25.3. The molecule has 23 heavy (non-hydrogen) atoms. The van der Waals surface area contributed by atoms with Crippen LogP contribution in [-0.4, -0.2) is 35.4 Å². The summed E-state index contributed by atoms with van der Waals surface area (Å²) in [7, 11) is 0. The molecule has 0 aliphatic carbocycles. The molecule has 1 aromatic rings. The zero-order chi connectivity index (χ0) is 16.6. The van der Waals surface area contributed by atoms with Crippen molar-refractivity contribution in [3.05, 3.63) is 30.2 Å². The van der Waals surface area contributed by atoms with Crippen molar-refractivity contribution in [1.82, 2.24) is 4.90 Å². The summed E-state index contributed by atoms with van der Waals surface area (Å²) in [5.41, 5.74) is 2.01. The van der Waals surface area contributed by atoms with Gasteiger partial charge in [0.25, 0.3) is 6.47 Å². The maximum atomic E-state index is 12.5. The van der Waals surface area contributed by atoms with E-state index in [9.17, 15) is 14.7 Å². The minimum atomic E-state index is -0.0568. The van der Waals surface area contributed by atoms with Crippen molar-refractivity contribution in [2.45, 2.75) is 32.2 Å². The monoisotopic (exact) mass is 316 g/mol. The smallest absolute Gasteiger partial charge is 0.298 e. The van der Waals surface area contributed by atoms with Crippen molar-refractivity contribution in [2.24, 2.45) is 11.8 Å². The molecule has 0 spiro atoms. The number of ketones is 1. The van der Waals surface area contributed by atoms with E-state index in [0.29, 0.717) is 12.9 Å². The Bertz CT molecular complexity index is 626. The van der Waals surface area contributed by atoms with Crippen LogP contribution in [0.4, 0.5) is 0 Å². The summed E-state index contributed by atoms with van der Waals surface area (Å²) in [6, 6.07) is 3.37. The number of rotatable bonds is 4. The summed E-state index contributed by atoms with van der Waals surface area (Å²) in [5.74, 6) is 0.732. The van der Waals surface area contributed by atoms with E-state index in [4.69, 9.17) is 4.74 Å². The minimum absolute atomic E-state index is 0.0128. The van der Waals surface area contributed by atoms with E-state index in [1.54, 1.807) is 12.1 Å². The SMILES string of the molecule is [CH2+]C(C)CC1CN2CCc3cc(OC=O)c(O)cc3C2CC1=O. The Hall–Kier alpha value is -2.01. The Morgan fingerprint density at radius 3 is 3.00 bits per heavy atom. The van der Waals surface area contributed by atoms with Gasteiger partial charge in [-0.25, -0.2) is 0 Å². The molecule has 5 heteroatoms. The first-order valence-corrected chi connectivity index (χ1v) is 8.05. The molecule has 0 bridgehead atoms. The van der Waals surface area contributed by atoms with E-state index in [1.807, 2.05) is 6.92 Å². The molecule has 2 aliphatic heterocycles. The second-order valence-corrected chi connectivity index (χ2v) is 6.70. The van der Waals surface area contributed by atoms with Crippen LogP contribution in [0, 0.1) is 18.8 Å². The molecule has 3 unspecified atom stereocenters. The van der Waals surface area contributed by atoms with Crippen molar-refractivity contribution in [1.29, 1.82) is 0 Å². The largest absolute Gasteiger partial charge is 0.504 e. The van der Waals surface area contributed by atoms with Crippen LogP contribution in [0.25, 0.3) is 0 Å². The standard InChI is InChI=1S/C18H21NO4/c1-11(2)5-13-9-19-4-3-12-6-18(23-10-20)17(22)7-14(12)15(19)8-16(13)21/h6-7,10-11,13,15H,1,3-5,8-9H2,2H3/p+1. The highest BCUT2D eigenvalue weighted by Crippen LogP contribution is 2.42. The molecule has 0 aromatic heterocycles. The lowest BCUT2D eigenvalue weighted by Gasteiger charge is -2.43. The van der Waals surface area contributed by atoms with Gasteiger partial charge in [-0.2, -0.15) is 0 Å². The number of aromatic hydroxyl groups is 1. The number of hydrogen-bond donors (Lipinski definition) is 1. The number of phenols is 1. The third-order valence-corrected chi connectivity index (χ3v) is 4.86. The summed E-state index contributed by atoms with van der Waals surface area (Å²) < 4.78 is 4.80. The van der Waals surface area contributed by atoms with Crippen LogP contribution in [0.3, 0.4) is 0 Å². The van der Waals surface area contributed by atoms with Gasteiger partial charge in [-0.15, -0.1) is 0 Å². The lowest BCUT2D eigenvalue weighted by atomic mass is 9.80. The number of Topliss-reactive ketones (excluding diaryl/α,β-unsaturated/α-hetero) is 1. The van der Waals surface area contributed by atoms with E-state index in [1.165, 1.54) is 0 Å².